The van der Waals surface area contributed by atoms with E-state index in [9.17, 15) is 0 Å². The van der Waals surface area contributed by atoms with Crippen molar-refractivity contribution in [3.05, 3.63) is 180 Å². The van der Waals surface area contributed by atoms with Gasteiger partial charge in [-0.2, -0.15) is 0 Å². The van der Waals surface area contributed by atoms with E-state index in [0.29, 0.717) is 0 Å². The molecule has 0 saturated heterocycles. The van der Waals surface area contributed by atoms with Gasteiger partial charge in [0.05, 0.1) is 0 Å². The molecule has 12 rings (SSSR count). The molecule has 9 aromatic carbocycles. The van der Waals surface area contributed by atoms with Gasteiger partial charge in [-0.05, 0) is 152 Å². The molecule has 0 aliphatic heterocycles. The summed E-state index contributed by atoms with van der Waals surface area (Å²) >= 11 is 0. The lowest BCUT2D eigenvalue weighted by Crippen LogP contribution is -2.15. The number of hydrogen-bond donors (Lipinski definition) is 0. The fourth-order valence-electron chi connectivity index (χ4n) is 10.6. The van der Waals surface area contributed by atoms with Crippen LogP contribution in [0.25, 0.3) is 99.1 Å². The van der Waals surface area contributed by atoms with Gasteiger partial charge in [-0.25, -0.2) is 0 Å². The maximum Gasteiger partial charge on any atom is 0.0159 e. The summed E-state index contributed by atoms with van der Waals surface area (Å²) in [6, 6.07) is 60.2. The molecule has 3 aliphatic carbocycles. The van der Waals surface area contributed by atoms with Crippen molar-refractivity contribution in [2.24, 2.45) is 0 Å². The maximum absolute atomic E-state index is 2.46. The molecule has 0 fully saturated rings. The van der Waals surface area contributed by atoms with Gasteiger partial charge in [-0.1, -0.05) is 155 Å². The van der Waals surface area contributed by atoms with E-state index < -0.39 is 0 Å². The Kier molecular flexibility index (Phi) is 5.74. The van der Waals surface area contributed by atoms with Crippen molar-refractivity contribution in [2.75, 3.05) is 0 Å². The lowest BCUT2D eigenvalue weighted by atomic mass is 9.80. The summed E-state index contributed by atoms with van der Waals surface area (Å²) in [5.74, 6) is 0. The Hall–Kier alpha value is -6.24. The van der Waals surface area contributed by atoms with Crippen LogP contribution in [0.2, 0.25) is 0 Å². The Labute approximate surface area is 316 Å². The van der Waals surface area contributed by atoms with E-state index in [1.807, 2.05) is 0 Å². The van der Waals surface area contributed by atoms with E-state index in [1.54, 1.807) is 0 Å². The Morgan fingerprint density at radius 1 is 0.278 bits per heavy atom. The van der Waals surface area contributed by atoms with E-state index in [-0.39, 0.29) is 10.8 Å². The van der Waals surface area contributed by atoms with E-state index in [0.717, 1.165) is 0 Å². The smallest absolute Gasteiger partial charge is 0.0159 e. The van der Waals surface area contributed by atoms with Gasteiger partial charge in [0.1, 0.15) is 0 Å². The predicted octanol–water partition coefficient (Wildman–Crippen LogP) is 14.7. The van der Waals surface area contributed by atoms with Crippen molar-refractivity contribution in [1.29, 1.82) is 0 Å². The molecule has 3 aliphatic rings. The van der Waals surface area contributed by atoms with Crippen LogP contribution in [0.5, 0.6) is 0 Å². The van der Waals surface area contributed by atoms with Crippen LogP contribution < -0.4 is 0 Å². The average molecular weight is 687 g/mol. The Balaban J connectivity index is 0.931. The summed E-state index contributed by atoms with van der Waals surface area (Å²) in [4.78, 5) is 0. The Bertz CT molecular complexity index is 3150. The first-order valence-corrected chi connectivity index (χ1v) is 19.3. The van der Waals surface area contributed by atoms with Crippen LogP contribution in [0, 0.1) is 0 Å². The molecule has 0 unspecified atom stereocenters. The SMILES string of the molecule is CC1(C)c2ccccc2-c2ccc(-c3ccc4c(c3)C(C)(C)c3cc(-c5ccc6c(ccc7cc8c9c(cccc9c76)-c6ccccc6-8)c5)ccc3-4)cc21. The van der Waals surface area contributed by atoms with Gasteiger partial charge in [-0.15, -0.1) is 0 Å². The molecule has 9 aromatic rings. The van der Waals surface area contributed by atoms with Crippen molar-refractivity contribution in [2.45, 2.75) is 38.5 Å². The van der Waals surface area contributed by atoms with Crippen molar-refractivity contribution in [3.8, 4) is 66.8 Å². The highest BCUT2D eigenvalue weighted by atomic mass is 14.4. The third-order valence-corrected chi connectivity index (χ3v) is 13.4. The average Bonchev–Trinajstić information content (AvgIpc) is 3.74. The minimum absolute atomic E-state index is 0.0125. The summed E-state index contributed by atoms with van der Waals surface area (Å²) in [6.45, 7) is 9.53. The molecule has 0 spiro atoms. The quantitative estimate of drug-likeness (QED) is 0.159. The predicted molar refractivity (Wildman–Crippen MR) is 229 cm³/mol. The number of rotatable bonds is 2. The zero-order valence-corrected chi connectivity index (χ0v) is 31.0. The van der Waals surface area contributed by atoms with Gasteiger partial charge in [0, 0.05) is 10.8 Å². The van der Waals surface area contributed by atoms with Crippen LogP contribution in [-0.2, 0) is 10.8 Å². The number of benzene rings is 9. The van der Waals surface area contributed by atoms with Gasteiger partial charge < -0.3 is 0 Å². The lowest BCUT2D eigenvalue weighted by Gasteiger charge is -2.23. The molecule has 0 nitrogen and oxygen atoms in total. The molecule has 254 valence electrons. The molecule has 0 heteroatoms. The summed E-state index contributed by atoms with van der Waals surface area (Å²) in [5, 5.41) is 7.99. The first-order valence-electron chi connectivity index (χ1n) is 19.3. The topological polar surface area (TPSA) is 0 Å². The molecule has 0 bridgehead atoms. The minimum Gasteiger partial charge on any atom is -0.0619 e. The summed E-state index contributed by atoms with van der Waals surface area (Å²) < 4.78 is 0. The fourth-order valence-corrected chi connectivity index (χ4v) is 10.6. The summed E-state index contributed by atoms with van der Waals surface area (Å²) in [5.41, 5.74) is 21.5. The van der Waals surface area contributed by atoms with Crippen LogP contribution in [0.4, 0.5) is 0 Å². The van der Waals surface area contributed by atoms with Crippen LogP contribution >= 0.6 is 0 Å². The summed E-state index contributed by atoms with van der Waals surface area (Å²) in [7, 11) is 0. The monoisotopic (exact) mass is 686 g/mol. The minimum atomic E-state index is -0.117. The molecule has 0 amide bonds. The van der Waals surface area contributed by atoms with Crippen LogP contribution in [0.1, 0.15) is 49.9 Å². The standard InChI is InChI=1S/C54H38/c1-53(2)47-15-8-7-12-40(47)41-23-20-33(29-48(41)53)34-21-25-43-42-24-19-32(28-49(42)54(3,4)50(43)30-34)31-18-22-37-35(26-31)16-17-36-27-46-39-11-6-5-10-38(39)44-13-9-14-45(51(36)37)52(44)46/h5-30H,1-4H3. The summed E-state index contributed by atoms with van der Waals surface area (Å²) in [6.07, 6.45) is 0. The highest BCUT2D eigenvalue weighted by Gasteiger charge is 2.37. The van der Waals surface area contributed by atoms with Crippen molar-refractivity contribution in [3.63, 3.8) is 0 Å². The lowest BCUT2D eigenvalue weighted by molar-refractivity contribution is 0.659. The van der Waals surface area contributed by atoms with E-state index >= 15 is 0 Å². The van der Waals surface area contributed by atoms with E-state index in [4.69, 9.17) is 0 Å². The van der Waals surface area contributed by atoms with Gasteiger partial charge in [0.2, 0.25) is 0 Å². The van der Waals surface area contributed by atoms with Crippen molar-refractivity contribution < 1.29 is 0 Å². The van der Waals surface area contributed by atoms with Crippen LogP contribution in [0.3, 0.4) is 0 Å². The van der Waals surface area contributed by atoms with Gasteiger partial charge >= 0.3 is 0 Å². The van der Waals surface area contributed by atoms with Crippen LogP contribution in [-0.4, -0.2) is 0 Å². The number of fused-ring (bicyclic) bond motifs is 13. The van der Waals surface area contributed by atoms with Gasteiger partial charge in [0.25, 0.3) is 0 Å². The molecule has 54 heavy (non-hydrogen) atoms. The molecule has 0 atom stereocenters. The largest absolute Gasteiger partial charge is 0.0619 e. The molecule has 0 heterocycles. The van der Waals surface area contributed by atoms with Crippen molar-refractivity contribution >= 4 is 32.3 Å². The highest BCUT2D eigenvalue weighted by Crippen LogP contribution is 2.54. The zero-order chi connectivity index (χ0) is 36.1. The maximum atomic E-state index is 2.46. The second-order valence-electron chi connectivity index (χ2n) is 16.9. The van der Waals surface area contributed by atoms with E-state index in [1.165, 1.54) is 121 Å². The van der Waals surface area contributed by atoms with Gasteiger partial charge in [-0.3, -0.25) is 0 Å². The Morgan fingerprint density at radius 2 is 0.759 bits per heavy atom. The number of hydrogen-bond acceptors (Lipinski definition) is 0. The molecular weight excluding hydrogens is 649 g/mol. The van der Waals surface area contributed by atoms with Crippen molar-refractivity contribution in [1.82, 2.24) is 0 Å². The molecular formula is C54H38. The molecule has 0 aromatic heterocycles. The Morgan fingerprint density at radius 3 is 1.41 bits per heavy atom. The normalized spacial score (nSPS) is 15.0. The third kappa shape index (κ3) is 3.83. The first kappa shape index (κ1) is 30.2. The van der Waals surface area contributed by atoms with E-state index in [2.05, 4.69) is 185 Å². The first-order chi connectivity index (χ1) is 26.3. The van der Waals surface area contributed by atoms with Gasteiger partial charge in [0.15, 0.2) is 0 Å². The highest BCUT2D eigenvalue weighted by molar-refractivity contribution is 6.28. The zero-order valence-electron chi connectivity index (χ0n) is 31.0. The fraction of sp³-hybridized carbons (Fsp3) is 0.111. The third-order valence-electron chi connectivity index (χ3n) is 13.4. The molecule has 0 N–H and O–H groups in total. The molecule has 0 saturated carbocycles. The molecule has 0 radical (unpaired) electrons. The van der Waals surface area contributed by atoms with Crippen LogP contribution in [0.15, 0.2) is 158 Å². The second-order valence-corrected chi connectivity index (χ2v) is 16.9. The second kappa shape index (κ2) is 10.2.